The largest absolute Gasteiger partial charge is 0.481 e. The number of amides is 4. The fourth-order valence-corrected chi connectivity index (χ4v) is 3.00. The maximum Gasteiger partial charge on any atom is 0.305 e. The van der Waals surface area contributed by atoms with Crippen LogP contribution in [0, 0.1) is 0 Å². The second-order valence-corrected chi connectivity index (χ2v) is 7.29. The summed E-state index contributed by atoms with van der Waals surface area (Å²) in [6.45, 7) is 0.119. The summed E-state index contributed by atoms with van der Waals surface area (Å²) < 4.78 is 0. The van der Waals surface area contributed by atoms with E-state index in [9.17, 15) is 24.0 Å². The summed E-state index contributed by atoms with van der Waals surface area (Å²) in [6, 6.07) is -3.45. The Morgan fingerprint density at radius 1 is 0.906 bits per heavy atom. The van der Waals surface area contributed by atoms with E-state index in [4.69, 9.17) is 22.3 Å². The number of unbranched alkanes of at least 4 members (excludes halogenated alkanes) is 1. The van der Waals surface area contributed by atoms with E-state index in [1.54, 1.807) is 0 Å². The van der Waals surface area contributed by atoms with Gasteiger partial charge in [-0.15, -0.1) is 0 Å². The van der Waals surface area contributed by atoms with E-state index < -0.39 is 60.7 Å². The van der Waals surface area contributed by atoms with E-state index in [0.717, 1.165) is 0 Å². The minimum absolute atomic E-state index is 0.104. The van der Waals surface area contributed by atoms with Gasteiger partial charge >= 0.3 is 5.97 Å². The smallest absolute Gasteiger partial charge is 0.305 e. The topological polar surface area (TPSA) is 244 Å². The molecule has 14 heteroatoms. The zero-order valence-electron chi connectivity index (χ0n) is 17.8. The summed E-state index contributed by atoms with van der Waals surface area (Å²) in [6.07, 6.45) is 1.18. The summed E-state index contributed by atoms with van der Waals surface area (Å²) in [5, 5.41) is 18.8. The van der Waals surface area contributed by atoms with E-state index >= 15 is 0 Å². The first-order valence-electron chi connectivity index (χ1n) is 10.3. The summed E-state index contributed by atoms with van der Waals surface area (Å²) in [7, 11) is 0. The standard InChI is InChI=1S/C18H32N8O6/c19-6-2-1-4-11-16(31)25-10(5-3-7-22-18(20)21)15(30)23-9-13(27)24-12(8-14(28)29)17(32)26-11/h10-12H,1-9,19H2,(H,23,30)(H,24,27)(H,25,31)(H,26,32)(H,28,29)(H4,20,21,22)/t10-,11-,12-/m0/s1. The molecule has 180 valence electrons. The number of carbonyl (C=O) groups excluding carboxylic acids is 4. The van der Waals surface area contributed by atoms with Crippen molar-refractivity contribution in [2.75, 3.05) is 19.6 Å². The Labute approximate surface area is 185 Å². The van der Waals surface area contributed by atoms with Crippen molar-refractivity contribution in [1.82, 2.24) is 21.3 Å². The molecule has 0 saturated carbocycles. The molecular weight excluding hydrogens is 424 g/mol. The molecule has 14 nitrogen and oxygen atoms in total. The monoisotopic (exact) mass is 456 g/mol. The minimum atomic E-state index is -1.41. The zero-order valence-corrected chi connectivity index (χ0v) is 17.8. The van der Waals surface area contributed by atoms with Gasteiger partial charge in [0.1, 0.15) is 18.1 Å². The quantitative estimate of drug-likeness (QED) is 0.0911. The molecule has 0 unspecified atom stereocenters. The minimum Gasteiger partial charge on any atom is -0.481 e. The molecule has 0 aromatic rings. The molecule has 11 N–H and O–H groups in total. The first kappa shape index (κ1) is 26.6. The van der Waals surface area contributed by atoms with E-state index in [1.165, 1.54) is 0 Å². The van der Waals surface area contributed by atoms with Crippen LogP contribution >= 0.6 is 0 Å². The first-order chi connectivity index (χ1) is 15.1. The molecule has 0 aromatic carbocycles. The summed E-state index contributed by atoms with van der Waals surface area (Å²) >= 11 is 0. The molecule has 4 amide bonds. The lowest BCUT2D eigenvalue weighted by molar-refractivity contribution is -0.141. The molecule has 1 heterocycles. The van der Waals surface area contributed by atoms with Gasteiger partial charge in [-0.25, -0.2) is 0 Å². The van der Waals surface area contributed by atoms with Crippen molar-refractivity contribution in [3.8, 4) is 0 Å². The Morgan fingerprint density at radius 3 is 2.09 bits per heavy atom. The maximum atomic E-state index is 12.9. The zero-order chi connectivity index (χ0) is 24.1. The highest BCUT2D eigenvalue weighted by Gasteiger charge is 2.31. The lowest BCUT2D eigenvalue weighted by Crippen LogP contribution is -2.59. The van der Waals surface area contributed by atoms with Crippen LogP contribution in [0.4, 0.5) is 0 Å². The second kappa shape index (κ2) is 13.8. The molecule has 1 fully saturated rings. The number of carboxylic acids is 1. The third kappa shape index (κ3) is 10.1. The van der Waals surface area contributed by atoms with Crippen LogP contribution in [-0.4, -0.2) is 78.4 Å². The van der Waals surface area contributed by atoms with Crippen molar-refractivity contribution in [3.63, 3.8) is 0 Å². The molecule has 1 saturated heterocycles. The number of aliphatic carboxylic acids is 1. The molecular formula is C18H32N8O6. The van der Waals surface area contributed by atoms with Crippen LogP contribution in [0.5, 0.6) is 0 Å². The molecule has 0 bridgehead atoms. The SMILES string of the molecule is NCCCC[C@@H]1NC(=O)[C@H](CC(=O)O)NC(=O)CNC(=O)[C@H](CCCN=C(N)N)NC1=O. The molecule has 1 rings (SSSR count). The van der Waals surface area contributed by atoms with Gasteiger partial charge in [0.2, 0.25) is 23.6 Å². The fraction of sp³-hybridized carbons (Fsp3) is 0.667. The molecule has 1 aliphatic heterocycles. The van der Waals surface area contributed by atoms with Crippen molar-refractivity contribution >= 4 is 35.6 Å². The highest BCUT2D eigenvalue weighted by Crippen LogP contribution is 2.06. The lowest BCUT2D eigenvalue weighted by Gasteiger charge is -2.26. The number of hydrogen-bond donors (Lipinski definition) is 8. The number of rotatable bonds is 10. The first-order valence-corrected chi connectivity index (χ1v) is 10.3. The van der Waals surface area contributed by atoms with Crippen LogP contribution in [0.25, 0.3) is 0 Å². The number of guanidine groups is 1. The predicted octanol–water partition coefficient (Wildman–Crippen LogP) is -3.77. The van der Waals surface area contributed by atoms with Gasteiger partial charge < -0.3 is 43.6 Å². The number of carbonyl (C=O) groups is 5. The van der Waals surface area contributed by atoms with Gasteiger partial charge in [0.15, 0.2) is 5.96 Å². The Morgan fingerprint density at radius 2 is 1.50 bits per heavy atom. The van der Waals surface area contributed by atoms with Crippen molar-refractivity contribution < 1.29 is 29.1 Å². The highest BCUT2D eigenvalue weighted by atomic mass is 16.4. The van der Waals surface area contributed by atoms with Gasteiger partial charge in [-0.05, 0) is 38.6 Å². The molecule has 0 spiro atoms. The van der Waals surface area contributed by atoms with Crippen LogP contribution in [0.1, 0.15) is 38.5 Å². The van der Waals surface area contributed by atoms with E-state index in [0.29, 0.717) is 25.8 Å². The van der Waals surface area contributed by atoms with Crippen LogP contribution in [0.15, 0.2) is 4.99 Å². The molecule has 0 aliphatic carbocycles. The Kier molecular flexibility index (Phi) is 11.5. The molecule has 0 radical (unpaired) electrons. The van der Waals surface area contributed by atoms with Crippen LogP contribution < -0.4 is 38.5 Å². The van der Waals surface area contributed by atoms with Gasteiger partial charge in [0, 0.05) is 6.54 Å². The number of carboxylic acid groups (broad SMARTS) is 1. The fourth-order valence-electron chi connectivity index (χ4n) is 3.00. The lowest BCUT2D eigenvalue weighted by atomic mass is 10.0. The van der Waals surface area contributed by atoms with E-state index in [2.05, 4.69) is 26.3 Å². The highest BCUT2D eigenvalue weighted by molar-refractivity contribution is 5.97. The Balaban J connectivity index is 3.05. The number of aliphatic imine (C=N–C) groups is 1. The molecule has 0 aromatic heterocycles. The molecule has 32 heavy (non-hydrogen) atoms. The third-order valence-electron chi connectivity index (χ3n) is 4.61. The van der Waals surface area contributed by atoms with Gasteiger partial charge in [-0.1, -0.05) is 0 Å². The van der Waals surface area contributed by atoms with Gasteiger partial charge in [0.05, 0.1) is 13.0 Å². The number of nitrogens with two attached hydrogens (primary N) is 3. The maximum absolute atomic E-state index is 12.9. The second-order valence-electron chi connectivity index (χ2n) is 7.29. The summed E-state index contributed by atoms with van der Waals surface area (Å²) in [5.41, 5.74) is 16.0. The van der Waals surface area contributed by atoms with Crippen molar-refractivity contribution in [2.45, 2.75) is 56.7 Å². The van der Waals surface area contributed by atoms with Crippen molar-refractivity contribution in [3.05, 3.63) is 0 Å². The Bertz CT molecular complexity index is 724. The molecule has 3 atom stereocenters. The van der Waals surface area contributed by atoms with Crippen molar-refractivity contribution in [2.24, 2.45) is 22.2 Å². The van der Waals surface area contributed by atoms with Gasteiger partial charge in [0.25, 0.3) is 0 Å². The number of hydrogen-bond acceptors (Lipinski definition) is 7. The normalized spacial score (nSPS) is 22.3. The summed E-state index contributed by atoms with van der Waals surface area (Å²) in [4.78, 5) is 65.1. The third-order valence-corrected chi connectivity index (χ3v) is 4.61. The van der Waals surface area contributed by atoms with Crippen LogP contribution in [0.3, 0.4) is 0 Å². The van der Waals surface area contributed by atoms with Crippen LogP contribution in [-0.2, 0) is 24.0 Å². The molecule has 1 aliphatic rings. The summed E-state index contributed by atoms with van der Waals surface area (Å²) in [5.74, 6) is -4.20. The van der Waals surface area contributed by atoms with Crippen molar-refractivity contribution in [1.29, 1.82) is 0 Å². The van der Waals surface area contributed by atoms with E-state index in [1.807, 2.05) is 0 Å². The van der Waals surface area contributed by atoms with Gasteiger partial charge in [-0.2, -0.15) is 0 Å². The number of nitrogens with zero attached hydrogens (tertiary/aromatic N) is 1. The average molecular weight is 457 g/mol. The predicted molar refractivity (Wildman–Crippen MR) is 114 cm³/mol. The average Bonchev–Trinajstić information content (AvgIpc) is 2.71. The number of nitrogens with one attached hydrogen (secondary N) is 4. The van der Waals surface area contributed by atoms with Gasteiger partial charge in [-0.3, -0.25) is 29.0 Å². The van der Waals surface area contributed by atoms with Crippen LogP contribution in [0.2, 0.25) is 0 Å². The van der Waals surface area contributed by atoms with E-state index in [-0.39, 0.29) is 25.3 Å². The Hall–Kier alpha value is -3.42.